The second kappa shape index (κ2) is 10.1. The van der Waals surface area contributed by atoms with Gasteiger partial charge < -0.3 is 10.4 Å². The summed E-state index contributed by atoms with van der Waals surface area (Å²) < 4.78 is 12.9. The molecule has 5 heteroatoms. The highest BCUT2D eigenvalue weighted by Gasteiger charge is 2.19. The Balaban J connectivity index is 1.31. The predicted molar refractivity (Wildman–Crippen MR) is 106 cm³/mol. The largest absolute Gasteiger partial charge is 0.391 e. The van der Waals surface area contributed by atoms with Crippen molar-refractivity contribution in [2.45, 2.75) is 36.4 Å². The second-order valence-electron chi connectivity index (χ2n) is 6.86. The molecule has 2 aromatic carbocycles. The van der Waals surface area contributed by atoms with Crippen molar-refractivity contribution < 1.29 is 9.50 Å². The van der Waals surface area contributed by atoms with Crippen LogP contribution in [0.5, 0.6) is 0 Å². The van der Waals surface area contributed by atoms with Crippen molar-refractivity contribution in [3.8, 4) is 0 Å². The minimum atomic E-state index is -0.396. The summed E-state index contributed by atoms with van der Waals surface area (Å²) in [4.78, 5) is 3.48. The molecule has 3 rings (SSSR count). The lowest BCUT2D eigenvalue weighted by atomic mass is 10.0. The zero-order valence-electron chi connectivity index (χ0n) is 15.0. The average molecular weight is 375 g/mol. The molecule has 0 saturated carbocycles. The molecule has 26 heavy (non-hydrogen) atoms. The maximum absolute atomic E-state index is 12.9. The molecule has 1 aliphatic heterocycles. The number of aliphatic hydroxyl groups is 1. The lowest BCUT2D eigenvalue weighted by molar-refractivity contribution is 0.161. The molecule has 2 aromatic rings. The lowest BCUT2D eigenvalue weighted by Gasteiger charge is -2.33. The van der Waals surface area contributed by atoms with Crippen molar-refractivity contribution in [1.29, 1.82) is 0 Å². The van der Waals surface area contributed by atoms with Gasteiger partial charge in [0.1, 0.15) is 5.82 Å². The van der Waals surface area contributed by atoms with Gasteiger partial charge in [-0.1, -0.05) is 30.3 Å². The van der Waals surface area contributed by atoms with E-state index in [9.17, 15) is 9.50 Å². The molecule has 0 amide bonds. The molecule has 0 unspecified atom stereocenters. The Morgan fingerprint density at radius 3 is 2.46 bits per heavy atom. The van der Waals surface area contributed by atoms with Crippen LogP contribution in [0, 0.1) is 5.82 Å². The van der Waals surface area contributed by atoms with Crippen LogP contribution in [0.3, 0.4) is 0 Å². The molecule has 1 atom stereocenters. The SMILES string of the molecule is O[C@@H](CNC1CCN(Cc2ccccc2)CC1)CSc1ccc(F)cc1. The molecule has 1 fully saturated rings. The third kappa shape index (κ3) is 6.40. The standard InChI is InChI=1S/C21H27FN2OS/c22-18-6-8-21(9-7-18)26-16-20(25)14-23-19-10-12-24(13-11-19)15-17-4-2-1-3-5-17/h1-9,19-20,23,25H,10-16H2/t20-/m0/s1. The smallest absolute Gasteiger partial charge is 0.123 e. The highest BCUT2D eigenvalue weighted by atomic mass is 32.2. The normalized spacial score (nSPS) is 17.3. The molecule has 0 spiro atoms. The van der Waals surface area contributed by atoms with Crippen LogP contribution in [0.25, 0.3) is 0 Å². The van der Waals surface area contributed by atoms with Crippen molar-refractivity contribution in [3.63, 3.8) is 0 Å². The number of hydrogen-bond donors (Lipinski definition) is 2. The van der Waals surface area contributed by atoms with Gasteiger partial charge in [-0.15, -0.1) is 11.8 Å². The number of aliphatic hydroxyl groups excluding tert-OH is 1. The first-order valence-electron chi connectivity index (χ1n) is 9.25. The number of nitrogens with zero attached hydrogens (tertiary/aromatic N) is 1. The van der Waals surface area contributed by atoms with Crippen LogP contribution in [0.4, 0.5) is 4.39 Å². The number of rotatable bonds is 8. The van der Waals surface area contributed by atoms with Crippen molar-refractivity contribution in [3.05, 3.63) is 66.0 Å². The molecule has 2 N–H and O–H groups in total. The van der Waals surface area contributed by atoms with Crippen LogP contribution in [0.1, 0.15) is 18.4 Å². The van der Waals surface area contributed by atoms with Crippen LogP contribution in [-0.4, -0.2) is 47.5 Å². The van der Waals surface area contributed by atoms with Crippen LogP contribution in [-0.2, 0) is 6.54 Å². The van der Waals surface area contributed by atoms with Crippen LogP contribution in [0.15, 0.2) is 59.5 Å². The number of piperidine rings is 1. The molecule has 140 valence electrons. The minimum Gasteiger partial charge on any atom is -0.391 e. The summed E-state index contributed by atoms with van der Waals surface area (Å²) in [5, 5.41) is 13.7. The van der Waals surface area contributed by atoms with Crippen molar-refractivity contribution >= 4 is 11.8 Å². The molecular formula is C21H27FN2OS. The average Bonchev–Trinajstić information content (AvgIpc) is 2.68. The Hall–Kier alpha value is -1.40. The Morgan fingerprint density at radius 1 is 1.08 bits per heavy atom. The summed E-state index contributed by atoms with van der Waals surface area (Å²) in [5.41, 5.74) is 1.37. The number of nitrogens with one attached hydrogen (secondary N) is 1. The van der Waals surface area contributed by atoms with Gasteiger partial charge in [0.2, 0.25) is 0 Å². The first-order valence-corrected chi connectivity index (χ1v) is 10.2. The van der Waals surface area contributed by atoms with E-state index >= 15 is 0 Å². The van der Waals surface area contributed by atoms with E-state index in [1.807, 2.05) is 0 Å². The molecule has 1 heterocycles. The zero-order chi connectivity index (χ0) is 18.2. The fourth-order valence-electron chi connectivity index (χ4n) is 3.22. The molecule has 1 aliphatic rings. The second-order valence-corrected chi connectivity index (χ2v) is 7.96. The summed E-state index contributed by atoms with van der Waals surface area (Å²) >= 11 is 1.56. The van der Waals surface area contributed by atoms with Crippen molar-refractivity contribution in [2.75, 3.05) is 25.4 Å². The number of thioether (sulfide) groups is 1. The minimum absolute atomic E-state index is 0.227. The Morgan fingerprint density at radius 2 is 1.77 bits per heavy atom. The first kappa shape index (κ1) is 19.4. The summed E-state index contributed by atoms with van der Waals surface area (Å²) in [6.07, 6.45) is 1.84. The van der Waals surface area contributed by atoms with E-state index in [0.717, 1.165) is 37.4 Å². The fourth-order valence-corrected chi connectivity index (χ4v) is 4.05. The maximum atomic E-state index is 12.9. The van der Waals surface area contributed by atoms with Gasteiger partial charge in [0.15, 0.2) is 0 Å². The van der Waals surface area contributed by atoms with Crippen molar-refractivity contribution in [2.24, 2.45) is 0 Å². The Bertz CT molecular complexity index is 645. The van der Waals surface area contributed by atoms with Crippen molar-refractivity contribution in [1.82, 2.24) is 10.2 Å². The number of halogens is 1. The van der Waals surface area contributed by atoms with E-state index in [2.05, 4.69) is 40.5 Å². The van der Waals surface area contributed by atoms with Gasteiger partial charge in [-0.3, -0.25) is 4.90 Å². The predicted octanol–water partition coefficient (Wildman–Crippen LogP) is 3.53. The summed E-state index contributed by atoms with van der Waals surface area (Å²) in [5.74, 6) is 0.390. The summed E-state index contributed by atoms with van der Waals surface area (Å²) in [7, 11) is 0. The molecule has 3 nitrogen and oxygen atoms in total. The van der Waals surface area contributed by atoms with Gasteiger partial charge in [0.25, 0.3) is 0 Å². The fraction of sp³-hybridized carbons (Fsp3) is 0.429. The highest BCUT2D eigenvalue weighted by Crippen LogP contribution is 2.19. The van der Waals surface area contributed by atoms with Gasteiger partial charge in [0, 0.05) is 29.8 Å². The van der Waals surface area contributed by atoms with Gasteiger partial charge in [-0.25, -0.2) is 4.39 Å². The van der Waals surface area contributed by atoms with Crippen LogP contribution in [0.2, 0.25) is 0 Å². The van der Waals surface area contributed by atoms with E-state index in [1.54, 1.807) is 23.9 Å². The summed E-state index contributed by atoms with van der Waals surface area (Å²) in [6.45, 7) is 3.81. The molecular weight excluding hydrogens is 347 g/mol. The Labute approximate surface area is 159 Å². The van der Waals surface area contributed by atoms with E-state index < -0.39 is 6.10 Å². The Kier molecular flexibility index (Phi) is 7.50. The number of likely N-dealkylation sites (tertiary alicyclic amines) is 1. The quantitative estimate of drug-likeness (QED) is 0.693. The molecule has 0 radical (unpaired) electrons. The maximum Gasteiger partial charge on any atom is 0.123 e. The molecule has 1 saturated heterocycles. The molecule has 0 bridgehead atoms. The van der Waals surface area contributed by atoms with Crippen LogP contribution < -0.4 is 5.32 Å². The first-order chi connectivity index (χ1) is 12.7. The van der Waals surface area contributed by atoms with Gasteiger partial charge in [-0.2, -0.15) is 0 Å². The zero-order valence-corrected chi connectivity index (χ0v) is 15.8. The van der Waals surface area contributed by atoms with Gasteiger partial charge >= 0.3 is 0 Å². The van der Waals surface area contributed by atoms with E-state index in [0.29, 0.717) is 18.3 Å². The monoisotopic (exact) mass is 374 g/mol. The van der Waals surface area contributed by atoms with Gasteiger partial charge in [-0.05, 0) is 55.8 Å². The number of hydrogen-bond acceptors (Lipinski definition) is 4. The molecule has 0 aliphatic carbocycles. The third-order valence-electron chi connectivity index (χ3n) is 4.73. The van der Waals surface area contributed by atoms with E-state index in [-0.39, 0.29) is 5.82 Å². The number of benzene rings is 2. The topological polar surface area (TPSA) is 35.5 Å². The molecule has 0 aromatic heterocycles. The third-order valence-corrected chi connectivity index (χ3v) is 5.89. The van der Waals surface area contributed by atoms with Gasteiger partial charge in [0.05, 0.1) is 6.10 Å². The highest BCUT2D eigenvalue weighted by molar-refractivity contribution is 7.99. The summed E-state index contributed by atoms with van der Waals surface area (Å²) in [6, 6.07) is 17.5. The lowest BCUT2D eigenvalue weighted by Crippen LogP contribution is -2.44. The van der Waals surface area contributed by atoms with E-state index in [4.69, 9.17) is 0 Å². The van der Waals surface area contributed by atoms with Crippen LogP contribution >= 0.6 is 11.8 Å². The van der Waals surface area contributed by atoms with E-state index in [1.165, 1.54) is 17.7 Å².